The number of nitrogens with zero attached hydrogens (tertiary/aromatic N) is 2. The number of allylic oxidation sites excluding steroid dienone is 1. The molecule has 1 heterocycles. The van der Waals surface area contributed by atoms with E-state index in [9.17, 15) is 4.79 Å². The van der Waals surface area contributed by atoms with E-state index in [-0.39, 0.29) is 18.2 Å². The smallest absolute Gasteiger partial charge is 0.247 e. The third-order valence-corrected chi connectivity index (χ3v) is 4.96. The molecule has 1 aliphatic carbocycles. The van der Waals surface area contributed by atoms with Crippen molar-refractivity contribution in [3.63, 3.8) is 0 Å². The summed E-state index contributed by atoms with van der Waals surface area (Å²) in [6.07, 6.45) is 3.49. The number of halogens is 2. The molecule has 0 spiro atoms. The Kier molecular flexibility index (Phi) is 6.64. The SMILES string of the molecule is CC1C(=O)C(c2ccccc2Cl)=Cc2cnc(NOCc3ccccc3)nc21.Cl. The van der Waals surface area contributed by atoms with Crippen LogP contribution in [-0.2, 0) is 16.2 Å². The Morgan fingerprint density at radius 3 is 2.59 bits per heavy atom. The van der Waals surface area contributed by atoms with Crippen LogP contribution >= 0.6 is 24.0 Å². The lowest BCUT2D eigenvalue weighted by Gasteiger charge is -2.21. The quantitative estimate of drug-likeness (QED) is 0.557. The number of carbonyl (C=O) groups is 1. The predicted octanol–water partition coefficient (Wildman–Crippen LogP) is 5.32. The van der Waals surface area contributed by atoms with Crippen LogP contribution in [0.1, 0.15) is 35.2 Å². The summed E-state index contributed by atoms with van der Waals surface area (Å²) in [5.41, 5.74) is 6.56. The van der Waals surface area contributed by atoms with Crippen molar-refractivity contribution >= 4 is 47.4 Å². The number of anilines is 1. The molecule has 1 unspecified atom stereocenters. The summed E-state index contributed by atoms with van der Waals surface area (Å²) in [5, 5.41) is 0.547. The van der Waals surface area contributed by atoms with Crippen molar-refractivity contribution in [3.8, 4) is 0 Å². The maximum absolute atomic E-state index is 12.9. The Balaban J connectivity index is 0.00000240. The number of nitrogens with one attached hydrogen (secondary N) is 1. The molecule has 0 amide bonds. The normalized spacial score (nSPS) is 15.2. The molecule has 2 aromatic carbocycles. The average molecular weight is 428 g/mol. The standard InChI is InChI=1S/C22H18ClN3O2.ClH/c1-14-20-16(11-18(21(14)27)17-9-5-6-10-19(17)23)12-24-22(25-20)26-28-13-15-7-3-2-4-8-15;/h2-12,14H,13H2,1H3,(H,24,25,26);1H. The Morgan fingerprint density at radius 2 is 1.83 bits per heavy atom. The van der Waals surface area contributed by atoms with Gasteiger partial charge in [-0.1, -0.05) is 60.1 Å². The van der Waals surface area contributed by atoms with Gasteiger partial charge in [-0.05, 0) is 24.6 Å². The molecular formula is C22H19Cl2N3O2. The van der Waals surface area contributed by atoms with Crippen molar-refractivity contribution in [1.82, 2.24) is 9.97 Å². The molecule has 1 N–H and O–H groups in total. The second-order valence-corrected chi connectivity index (χ2v) is 6.94. The van der Waals surface area contributed by atoms with Crippen LogP contribution in [0.4, 0.5) is 5.95 Å². The van der Waals surface area contributed by atoms with Gasteiger partial charge in [0.2, 0.25) is 5.95 Å². The summed E-state index contributed by atoms with van der Waals surface area (Å²) in [7, 11) is 0. The van der Waals surface area contributed by atoms with Crippen molar-refractivity contribution in [2.45, 2.75) is 19.4 Å². The second-order valence-electron chi connectivity index (χ2n) is 6.53. The zero-order valence-electron chi connectivity index (χ0n) is 15.6. The van der Waals surface area contributed by atoms with Crippen molar-refractivity contribution in [3.05, 3.63) is 88.2 Å². The van der Waals surface area contributed by atoms with Crippen molar-refractivity contribution in [2.24, 2.45) is 0 Å². The lowest BCUT2D eigenvalue weighted by atomic mass is 9.84. The molecule has 0 fully saturated rings. The number of Topliss-reactive ketones (excluding diaryl/α,β-unsaturated/α-hetero) is 1. The van der Waals surface area contributed by atoms with Gasteiger partial charge in [-0.15, -0.1) is 12.4 Å². The number of hydrogen-bond donors (Lipinski definition) is 1. The van der Waals surface area contributed by atoms with E-state index in [2.05, 4.69) is 15.4 Å². The maximum Gasteiger partial charge on any atom is 0.247 e. The highest BCUT2D eigenvalue weighted by molar-refractivity contribution is 6.37. The molecule has 5 nitrogen and oxygen atoms in total. The molecule has 1 aromatic heterocycles. The first-order valence-corrected chi connectivity index (χ1v) is 9.31. The topological polar surface area (TPSA) is 64.1 Å². The van der Waals surface area contributed by atoms with E-state index in [1.54, 1.807) is 18.3 Å². The van der Waals surface area contributed by atoms with E-state index in [0.29, 0.717) is 28.8 Å². The fourth-order valence-corrected chi connectivity index (χ4v) is 3.38. The third-order valence-electron chi connectivity index (χ3n) is 4.63. The van der Waals surface area contributed by atoms with Gasteiger partial charge in [-0.2, -0.15) is 0 Å². The van der Waals surface area contributed by atoms with E-state index in [4.69, 9.17) is 16.4 Å². The van der Waals surface area contributed by atoms with Crippen molar-refractivity contribution in [2.75, 3.05) is 5.48 Å². The van der Waals surface area contributed by atoms with E-state index >= 15 is 0 Å². The minimum atomic E-state index is -0.399. The van der Waals surface area contributed by atoms with Crippen LogP contribution < -0.4 is 5.48 Å². The number of carbonyl (C=O) groups excluding carboxylic acids is 1. The zero-order valence-corrected chi connectivity index (χ0v) is 17.2. The van der Waals surface area contributed by atoms with Crippen LogP contribution in [0.25, 0.3) is 11.6 Å². The second kappa shape index (κ2) is 9.18. The molecule has 0 radical (unpaired) electrons. The molecule has 7 heteroatoms. The molecule has 1 aliphatic rings. The minimum Gasteiger partial charge on any atom is -0.293 e. The van der Waals surface area contributed by atoms with Gasteiger partial charge in [0, 0.05) is 27.9 Å². The zero-order chi connectivity index (χ0) is 19.5. The summed E-state index contributed by atoms with van der Waals surface area (Å²) < 4.78 is 0. The largest absolute Gasteiger partial charge is 0.293 e. The third kappa shape index (κ3) is 4.48. The highest BCUT2D eigenvalue weighted by atomic mass is 35.5. The van der Waals surface area contributed by atoms with E-state index in [0.717, 1.165) is 16.7 Å². The Labute approximate surface area is 180 Å². The number of ketones is 1. The van der Waals surface area contributed by atoms with Crippen LogP contribution in [0.2, 0.25) is 5.02 Å². The molecule has 0 saturated carbocycles. The molecule has 1 atom stereocenters. The van der Waals surface area contributed by atoms with Gasteiger partial charge < -0.3 is 0 Å². The van der Waals surface area contributed by atoms with Gasteiger partial charge >= 0.3 is 0 Å². The van der Waals surface area contributed by atoms with Crippen LogP contribution in [-0.4, -0.2) is 15.8 Å². The van der Waals surface area contributed by atoms with Gasteiger partial charge in [0.15, 0.2) is 5.78 Å². The van der Waals surface area contributed by atoms with E-state index in [1.807, 2.05) is 55.5 Å². The summed E-state index contributed by atoms with van der Waals surface area (Å²) in [4.78, 5) is 27.2. The Morgan fingerprint density at radius 1 is 1.10 bits per heavy atom. The molecule has 0 saturated heterocycles. The molecule has 148 valence electrons. The summed E-state index contributed by atoms with van der Waals surface area (Å²) in [6.45, 7) is 2.22. The molecule has 0 bridgehead atoms. The van der Waals surface area contributed by atoms with Crippen molar-refractivity contribution < 1.29 is 9.63 Å². The van der Waals surface area contributed by atoms with Gasteiger partial charge in [-0.25, -0.2) is 15.4 Å². The fraction of sp³-hybridized carbons (Fsp3) is 0.136. The number of aromatic nitrogens is 2. The number of benzene rings is 2. The molecule has 4 rings (SSSR count). The first-order valence-electron chi connectivity index (χ1n) is 8.93. The summed E-state index contributed by atoms with van der Waals surface area (Å²) in [5.74, 6) is -0.0941. The van der Waals surface area contributed by atoms with Gasteiger partial charge in [-0.3, -0.25) is 9.63 Å². The van der Waals surface area contributed by atoms with E-state index in [1.165, 1.54) is 0 Å². The number of hydrogen-bond acceptors (Lipinski definition) is 5. The van der Waals surface area contributed by atoms with Gasteiger partial charge in [0.05, 0.1) is 18.2 Å². The number of rotatable bonds is 5. The van der Waals surface area contributed by atoms with Crippen LogP contribution in [0.5, 0.6) is 0 Å². The molecule has 0 aliphatic heterocycles. The van der Waals surface area contributed by atoms with E-state index < -0.39 is 5.92 Å². The first-order chi connectivity index (χ1) is 13.6. The Bertz CT molecular complexity index is 1050. The fourth-order valence-electron chi connectivity index (χ4n) is 3.14. The highest BCUT2D eigenvalue weighted by Crippen LogP contribution is 2.36. The Hall–Kier alpha value is -2.73. The van der Waals surface area contributed by atoms with Gasteiger partial charge in [0.1, 0.15) is 0 Å². The molecule has 29 heavy (non-hydrogen) atoms. The van der Waals surface area contributed by atoms with Crippen LogP contribution in [0.3, 0.4) is 0 Å². The first kappa shape index (κ1) is 21.0. The summed E-state index contributed by atoms with van der Waals surface area (Å²) >= 11 is 6.28. The minimum absolute atomic E-state index is 0. The lowest BCUT2D eigenvalue weighted by molar-refractivity contribution is -0.114. The average Bonchev–Trinajstić information content (AvgIpc) is 2.72. The molecular weight excluding hydrogens is 409 g/mol. The van der Waals surface area contributed by atoms with Crippen LogP contribution in [0.15, 0.2) is 60.8 Å². The summed E-state index contributed by atoms with van der Waals surface area (Å²) in [6, 6.07) is 17.1. The maximum atomic E-state index is 12.9. The number of fused-ring (bicyclic) bond motifs is 1. The highest BCUT2D eigenvalue weighted by Gasteiger charge is 2.29. The van der Waals surface area contributed by atoms with Gasteiger partial charge in [0.25, 0.3) is 0 Å². The lowest BCUT2D eigenvalue weighted by Crippen LogP contribution is -2.19. The predicted molar refractivity (Wildman–Crippen MR) is 117 cm³/mol. The van der Waals surface area contributed by atoms with Crippen LogP contribution in [0, 0.1) is 0 Å². The molecule has 3 aromatic rings. The monoisotopic (exact) mass is 427 g/mol. The van der Waals surface area contributed by atoms with Crippen molar-refractivity contribution in [1.29, 1.82) is 0 Å².